The molecule has 0 radical (unpaired) electrons. The highest BCUT2D eigenvalue weighted by Gasteiger charge is 2.18. The van der Waals surface area contributed by atoms with Crippen molar-refractivity contribution >= 4 is 11.8 Å². The molecule has 3 N–H and O–H groups in total. The van der Waals surface area contributed by atoms with Gasteiger partial charge < -0.3 is 10.7 Å². The molecule has 8 heavy (non-hydrogen) atoms. The van der Waals surface area contributed by atoms with Crippen molar-refractivity contribution in [3.63, 3.8) is 0 Å². The van der Waals surface area contributed by atoms with Crippen molar-refractivity contribution in [2.75, 3.05) is 12.4 Å². The zero-order chi connectivity index (χ0) is 5.40. The average Bonchev–Trinajstić information content (AvgIpc) is 2.15. The van der Waals surface area contributed by atoms with Gasteiger partial charge >= 0.3 is 0 Å². The van der Waals surface area contributed by atoms with Gasteiger partial charge in [-0.3, -0.25) is 0 Å². The van der Waals surface area contributed by atoms with Crippen molar-refractivity contribution in [1.82, 2.24) is 16.2 Å². The molecular weight excluding hydrogens is 122 g/mol. The molecule has 0 aromatic rings. The van der Waals surface area contributed by atoms with Gasteiger partial charge in [0.2, 0.25) is 0 Å². The fraction of sp³-hybridized carbons (Fsp3) is 0.500. The summed E-state index contributed by atoms with van der Waals surface area (Å²) in [5.74, 6) is 2.20. The highest BCUT2D eigenvalue weighted by atomic mass is 32.2. The summed E-state index contributed by atoms with van der Waals surface area (Å²) >= 11 is 1.86. The van der Waals surface area contributed by atoms with Crippen LogP contribution in [0.15, 0.2) is 10.7 Å². The first-order valence-electron chi connectivity index (χ1n) is 2.55. The van der Waals surface area contributed by atoms with E-state index < -0.39 is 0 Å². The van der Waals surface area contributed by atoms with Crippen LogP contribution in [0.4, 0.5) is 0 Å². The molecule has 0 aliphatic carbocycles. The number of hydrogen-bond acceptors (Lipinski definition) is 4. The van der Waals surface area contributed by atoms with Gasteiger partial charge in [-0.15, -0.1) is 11.8 Å². The van der Waals surface area contributed by atoms with Crippen LogP contribution >= 0.6 is 11.8 Å². The van der Waals surface area contributed by atoms with E-state index in [1.807, 2.05) is 11.8 Å². The molecule has 2 aliphatic rings. The molecule has 2 rings (SSSR count). The average molecular weight is 129 g/mol. The quantitative estimate of drug-likeness (QED) is 0.414. The Hall–Kier alpha value is -0.350. The molecule has 0 bridgehead atoms. The minimum atomic E-state index is 0.979. The summed E-state index contributed by atoms with van der Waals surface area (Å²) in [6.45, 7) is 0.979. The summed E-state index contributed by atoms with van der Waals surface area (Å²) in [6, 6.07) is 0. The van der Waals surface area contributed by atoms with Crippen molar-refractivity contribution in [3.8, 4) is 0 Å². The Bertz CT molecular complexity index is 114. The van der Waals surface area contributed by atoms with Crippen LogP contribution in [0, 0.1) is 0 Å². The lowest BCUT2D eigenvalue weighted by Crippen LogP contribution is -2.30. The molecule has 3 nitrogen and oxygen atoms in total. The third kappa shape index (κ3) is 0.499. The molecule has 4 heteroatoms. The Morgan fingerprint density at radius 2 is 2.50 bits per heavy atom. The summed E-state index contributed by atoms with van der Waals surface area (Å²) in [7, 11) is 0. The fourth-order valence-electron chi connectivity index (χ4n) is 0.832. The second kappa shape index (κ2) is 1.56. The van der Waals surface area contributed by atoms with Gasteiger partial charge in [0.25, 0.3) is 0 Å². The van der Waals surface area contributed by atoms with Crippen LogP contribution in [0.2, 0.25) is 0 Å². The van der Waals surface area contributed by atoms with Gasteiger partial charge in [0, 0.05) is 11.4 Å². The summed E-state index contributed by atoms with van der Waals surface area (Å²) in [5.41, 5.74) is 6.03. The number of hydrazine groups is 1. The highest BCUT2D eigenvalue weighted by molar-refractivity contribution is 8.03. The Morgan fingerprint density at radius 3 is 3.38 bits per heavy atom. The highest BCUT2D eigenvalue weighted by Crippen LogP contribution is 2.23. The standard InChI is InChI=1S/C4H7N3S/c1-3-4(7-6-1)5-2-8-3/h5-7H,1-2H2. The van der Waals surface area contributed by atoms with Crippen molar-refractivity contribution < 1.29 is 0 Å². The first kappa shape index (κ1) is 4.52. The van der Waals surface area contributed by atoms with Gasteiger partial charge in [-0.25, -0.2) is 5.43 Å². The maximum Gasteiger partial charge on any atom is 0.125 e. The van der Waals surface area contributed by atoms with Crippen LogP contribution in [0.1, 0.15) is 0 Å². The topological polar surface area (TPSA) is 36.1 Å². The van der Waals surface area contributed by atoms with Gasteiger partial charge in [-0.05, 0) is 0 Å². The molecule has 0 unspecified atom stereocenters. The third-order valence-electron chi connectivity index (χ3n) is 1.24. The lowest BCUT2D eigenvalue weighted by molar-refractivity contribution is 0.660. The summed E-state index contributed by atoms with van der Waals surface area (Å²) in [4.78, 5) is 1.41. The summed E-state index contributed by atoms with van der Waals surface area (Å²) < 4.78 is 0. The van der Waals surface area contributed by atoms with E-state index in [-0.39, 0.29) is 0 Å². The molecule has 0 saturated carbocycles. The Balaban J connectivity index is 2.23. The maximum atomic E-state index is 3.19. The van der Waals surface area contributed by atoms with Gasteiger partial charge in [0.15, 0.2) is 0 Å². The second-order valence-corrected chi connectivity index (χ2v) is 2.81. The van der Waals surface area contributed by atoms with Crippen LogP contribution < -0.4 is 16.2 Å². The van der Waals surface area contributed by atoms with Gasteiger partial charge in [0.1, 0.15) is 5.82 Å². The smallest absolute Gasteiger partial charge is 0.125 e. The number of thioether (sulfide) groups is 1. The lowest BCUT2D eigenvalue weighted by atomic mass is 10.6. The zero-order valence-corrected chi connectivity index (χ0v) is 5.14. The van der Waals surface area contributed by atoms with E-state index in [0.29, 0.717) is 0 Å². The molecule has 0 fully saturated rings. The first-order valence-corrected chi connectivity index (χ1v) is 3.54. The molecule has 0 amide bonds. The number of nitrogens with one attached hydrogen (secondary N) is 3. The SMILES string of the molecule is C1NC2=C(CNN2)S1. The van der Waals surface area contributed by atoms with Crippen LogP contribution in [0.25, 0.3) is 0 Å². The van der Waals surface area contributed by atoms with Crippen LogP contribution in [0.3, 0.4) is 0 Å². The zero-order valence-electron chi connectivity index (χ0n) is 4.32. The van der Waals surface area contributed by atoms with E-state index in [4.69, 9.17) is 0 Å². The molecule has 0 aromatic carbocycles. The van der Waals surface area contributed by atoms with E-state index in [1.54, 1.807) is 0 Å². The third-order valence-corrected chi connectivity index (χ3v) is 2.22. The number of hydrogen-bond donors (Lipinski definition) is 3. The second-order valence-electron chi connectivity index (χ2n) is 1.74. The molecule has 0 aromatic heterocycles. The minimum Gasteiger partial charge on any atom is -0.361 e. The van der Waals surface area contributed by atoms with Crippen molar-refractivity contribution in [1.29, 1.82) is 0 Å². The first-order chi connectivity index (χ1) is 3.97. The lowest BCUT2D eigenvalue weighted by Gasteiger charge is -2.00. The molecule has 0 atom stereocenters. The molecule has 0 saturated heterocycles. The molecule has 2 aliphatic heterocycles. The van der Waals surface area contributed by atoms with Crippen LogP contribution in [-0.2, 0) is 0 Å². The van der Waals surface area contributed by atoms with Gasteiger partial charge in [-0.1, -0.05) is 0 Å². The number of rotatable bonds is 0. The molecule has 0 spiro atoms. The Morgan fingerprint density at radius 1 is 1.50 bits per heavy atom. The van der Waals surface area contributed by atoms with E-state index in [1.165, 1.54) is 10.7 Å². The fourth-order valence-corrected chi connectivity index (χ4v) is 1.66. The normalized spacial score (nSPS) is 25.0. The predicted molar refractivity (Wildman–Crippen MR) is 33.8 cm³/mol. The van der Waals surface area contributed by atoms with E-state index in [2.05, 4.69) is 16.2 Å². The monoisotopic (exact) mass is 129 g/mol. The van der Waals surface area contributed by atoms with Crippen LogP contribution in [-0.4, -0.2) is 12.4 Å². The summed E-state index contributed by atoms with van der Waals surface area (Å²) in [5, 5.41) is 3.19. The van der Waals surface area contributed by atoms with E-state index >= 15 is 0 Å². The van der Waals surface area contributed by atoms with Gasteiger partial charge in [0.05, 0.1) is 5.88 Å². The molecular formula is C4H7N3S. The predicted octanol–water partition coefficient (Wildman–Crippen LogP) is -0.443. The van der Waals surface area contributed by atoms with E-state index in [9.17, 15) is 0 Å². The Kier molecular flexibility index (Phi) is 0.884. The molecule has 2 heterocycles. The maximum absolute atomic E-state index is 3.19. The van der Waals surface area contributed by atoms with Crippen LogP contribution in [0.5, 0.6) is 0 Å². The Labute approximate surface area is 51.9 Å². The molecule has 44 valence electrons. The summed E-state index contributed by atoms with van der Waals surface area (Å²) in [6.07, 6.45) is 0. The van der Waals surface area contributed by atoms with Crippen molar-refractivity contribution in [2.24, 2.45) is 0 Å². The largest absolute Gasteiger partial charge is 0.361 e. The van der Waals surface area contributed by atoms with Crippen molar-refractivity contribution in [2.45, 2.75) is 0 Å². The van der Waals surface area contributed by atoms with Gasteiger partial charge in [-0.2, -0.15) is 0 Å². The van der Waals surface area contributed by atoms with E-state index in [0.717, 1.165) is 12.4 Å². The van der Waals surface area contributed by atoms with Crippen molar-refractivity contribution in [3.05, 3.63) is 10.7 Å². The minimum absolute atomic E-state index is 0.979.